The third-order valence-electron chi connectivity index (χ3n) is 3.30. The Morgan fingerprint density at radius 1 is 1.06 bits per heavy atom. The number of nitrogens with zero attached hydrogens (tertiary/aromatic N) is 2. The SMILES string of the molecule is Cc1nc2ccc(O)c(-c3ccccc3)c2n1C. The molecule has 0 aliphatic carbocycles. The molecule has 1 heterocycles. The maximum Gasteiger partial charge on any atom is 0.125 e. The summed E-state index contributed by atoms with van der Waals surface area (Å²) in [5.41, 5.74) is 3.73. The number of aromatic nitrogens is 2. The van der Waals surface area contributed by atoms with Crippen molar-refractivity contribution in [3.63, 3.8) is 0 Å². The molecule has 0 saturated carbocycles. The largest absolute Gasteiger partial charge is 0.507 e. The number of fused-ring (bicyclic) bond motifs is 1. The molecule has 1 N–H and O–H groups in total. The summed E-state index contributed by atoms with van der Waals surface area (Å²) in [7, 11) is 1.97. The molecule has 0 aliphatic heterocycles. The molecule has 90 valence electrons. The number of benzene rings is 2. The summed E-state index contributed by atoms with van der Waals surface area (Å²) >= 11 is 0. The number of aromatic hydroxyl groups is 1. The van der Waals surface area contributed by atoms with E-state index in [1.165, 1.54) is 0 Å². The molecule has 0 unspecified atom stereocenters. The van der Waals surface area contributed by atoms with Gasteiger partial charge in [0, 0.05) is 12.6 Å². The summed E-state index contributed by atoms with van der Waals surface area (Å²) < 4.78 is 2.01. The van der Waals surface area contributed by atoms with Crippen LogP contribution in [-0.4, -0.2) is 14.7 Å². The highest BCUT2D eigenvalue weighted by atomic mass is 16.3. The molecule has 0 bridgehead atoms. The molecule has 0 saturated heterocycles. The van der Waals surface area contributed by atoms with Crippen LogP contribution in [0, 0.1) is 6.92 Å². The van der Waals surface area contributed by atoms with E-state index in [4.69, 9.17) is 0 Å². The predicted molar refractivity (Wildman–Crippen MR) is 72.6 cm³/mol. The molecule has 0 fully saturated rings. The fourth-order valence-electron chi connectivity index (χ4n) is 2.30. The van der Waals surface area contributed by atoms with Gasteiger partial charge in [-0.05, 0) is 24.6 Å². The van der Waals surface area contributed by atoms with E-state index in [0.29, 0.717) is 0 Å². The number of phenolic OH excluding ortho intramolecular Hbond substituents is 1. The van der Waals surface area contributed by atoms with Crippen LogP contribution in [0.2, 0.25) is 0 Å². The van der Waals surface area contributed by atoms with E-state index < -0.39 is 0 Å². The van der Waals surface area contributed by atoms with Crippen molar-refractivity contribution in [2.75, 3.05) is 0 Å². The number of hydrogen-bond acceptors (Lipinski definition) is 2. The zero-order valence-electron chi connectivity index (χ0n) is 10.4. The topological polar surface area (TPSA) is 38.1 Å². The molecule has 3 aromatic rings. The second-order valence-electron chi connectivity index (χ2n) is 4.41. The Hall–Kier alpha value is -2.29. The van der Waals surface area contributed by atoms with Gasteiger partial charge in [0.1, 0.15) is 11.6 Å². The average molecular weight is 238 g/mol. The first-order chi connectivity index (χ1) is 8.68. The summed E-state index contributed by atoms with van der Waals surface area (Å²) in [6, 6.07) is 13.5. The average Bonchev–Trinajstić information content (AvgIpc) is 2.67. The van der Waals surface area contributed by atoms with Crippen LogP contribution in [0.15, 0.2) is 42.5 Å². The van der Waals surface area contributed by atoms with Crippen LogP contribution < -0.4 is 0 Å². The van der Waals surface area contributed by atoms with Gasteiger partial charge in [0.15, 0.2) is 0 Å². The molecule has 0 radical (unpaired) electrons. The highest BCUT2D eigenvalue weighted by molar-refractivity contribution is 5.96. The molecular weight excluding hydrogens is 224 g/mol. The molecule has 0 aliphatic rings. The standard InChI is InChI=1S/C15H14N2O/c1-10-16-12-8-9-13(18)14(15(12)17(10)2)11-6-4-3-5-7-11/h3-9,18H,1-2H3. The Kier molecular flexibility index (Phi) is 2.33. The Labute approximate surface area is 105 Å². The van der Waals surface area contributed by atoms with Crippen molar-refractivity contribution in [2.24, 2.45) is 7.05 Å². The molecular formula is C15H14N2O. The zero-order valence-corrected chi connectivity index (χ0v) is 10.4. The minimum atomic E-state index is 0.289. The second kappa shape index (κ2) is 3.88. The summed E-state index contributed by atoms with van der Waals surface area (Å²) in [6.07, 6.45) is 0. The Balaban J connectivity index is 2.44. The quantitative estimate of drug-likeness (QED) is 0.706. The van der Waals surface area contributed by atoms with Gasteiger partial charge in [0.25, 0.3) is 0 Å². The summed E-state index contributed by atoms with van der Waals surface area (Å²) in [5, 5.41) is 10.2. The number of aryl methyl sites for hydroxylation is 2. The fourth-order valence-corrected chi connectivity index (χ4v) is 2.30. The van der Waals surface area contributed by atoms with Gasteiger partial charge in [-0.2, -0.15) is 0 Å². The van der Waals surface area contributed by atoms with Crippen molar-refractivity contribution in [1.29, 1.82) is 0 Å². The smallest absolute Gasteiger partial charge is 0.125 e. The lowest BCUT2D eigenvalue weighted by Gasteiger charge is -2.08. The molecule has 0 spiro atoms. The molecule has 3 heteroatoms. The minimum Gasteiger partial charge on any atom is -0.507 e. The third-order valence-corrected chi connectivity index (χ3v) is 3.30. The monoisotopic (exact) mass is 238 g/mol. The van der Waals surface area contributed by atoms with E-state index in [1.807, 2.05) is 54.9 Å². The Morgan fingerprint density at radius 2 is 1.78 bits per heavy atom. The lowest BCUT2D eigenvalue weighted by Crippen LogP contribution is -1.92. The van der Waals surface area contributed by atoms with Crippen molar-refractivity contribution in [3.05, 3.63) is 48.3 Å². The minimum absolute atomic E-state index is 0.289. The Morgan fingerprint density at radius 3 is 2.50 bits per heavy atom. The lowest BCUT2D eigenvalue weighted by atomic mass is 10.0. The summed E-state index contributed by atoms with van der Waals surface area (Å²) in [5.74, 6) is 1.23. The molecule has 3 nitrogen and oxygen atoms in total. The van der Waals surface area contributed by atoms with E-state index in [9.17, 15) is 5.11 Å². The van der Waals surface area contributed by atoms with E-state index in [-0.39, 0.29) is 5.75 Å². The van der Waals surface area contributed by atoms with Crippen molar-refractivity contribution < 1.29 is 5.11 Å². The number of phenols is 1. The van der Waals surface area contributed by atoms with Gasteiger partial charge in [0.2, 0.25) is 0 Å². The first-order valence-corrected chi connectivity index (χ1v) is 5.89. The van der Waals surface area contributed by atoms with Gasteiger partial charge in [-0.1, -0.05) is 30.3 Å². The van der Waals surface area contributed by atoms with Crippen LogP contribution in [0.3, 0.4) is 0 Å². The van der Waals surface area contributed by atoms with E-state index in [1.54, 1.807) is 6.07 Å². The molecule has 0 amide bonds. The highest BCUT2D eigenvalue weighted by Gasteiger charge is 2.14. The van der Waals surface area contributed by atoms with Gasteiger partial charge in [-0.25, -0.2) is 4.98 Å². The molecule has 2 aromatic carbocycles. The third kappa shape index (κ3) is 1.48. The number of hydrogen-bond donors (Lipinski definition) is 1. The van der Waals surface area contributed by atoms with Gasteiger partial charge in [-0.3, -0.25) is 0 Å². The predicted octanol–water partition coefficient (Wildman–Crippen LogP) is 3.25. The Bertz CT molecular complexity index is 714. The number of rotatable bonds is 1. The van der Waals surface area contributed by atoms with Gasteiger partial charge in [-0.15, -0.1) is 0 Å². The van der Waals surface area contributed by atoms with Crippen molar-refractivity contribution in [3.8, 4) is 16.9 Å². The lowest BCUT2D eigenvalue weighted by molar-refractivity contribution is 0.478. The highest BCUT2D eigenvalue weighted by Crippen LogP contribution is 2.36. The fraction of sp³-hybridized carbons (Fsp3) is 0.133. The maximum atomic E-state index is 10.2. The molecule has 3 rings (SSSR count). The van der Waals surface area contributed by atoms with Crippen molar-refractivity contribution >= 4 is 11.0 Å². The van der Waals surface area contributed by atoms with Gasteiger partial charge in [0.05, 0.1) is 11.0 Å². The molecule has 0 atom stereocenters. The van der Waals surface area contributed by atoms with Gasteiger partial charge < -0.3 is 9.67 Å². The molecule has 1 aromatic heterocycles. The molecule has 18 heavy (non-hydrogen) atoms. The van der Waals surface area contributed by atoms with Crippen LogP contribution in [0.5, 0.6) is 5.75 Å². The van der Waals surface area contributed by atoms with Crippen LogP contribution in [0.1, 0.15) is 5.82 Å². The van der Waals surface area contributed by atoms with Crippen LogP contribution in [-0.2, 0) is 7.05 Å². The van der Waals surface area contributed by atoms with Crippen LogP contribution >= 0.6 is 0 Å². The van der Waals surface area contributed by atoms with E-state index in [0.717, 1.165) is 28.0 Å². The normalized spacial score (nSPS) is 11.0. The van der Waals surface area contributed by atoms with E-state index >= 15 is 0 Å². The van der Waals surface area contributed by atoms with Crippen molar-refractivity contribution in [2.45, 2.75) is 6.92 Å². The maximum absolute atomic E-state index is 10.2. The van der Waals surface area contributed by atoms with Crippen LogP contribution in [0.25, 0.3) is 22.2 Å². The number of imidazole rings is 1. The first-order valence-electron chi connectivity index (χ1n) is 5.89. The van der Waals surface area contributed by atoms with E-state index in [2.05, 4.69) is 4.98 Å². The second-order valence-corrected chi connectivity index (χ2v) is 4.41. The van der Waals surface area contributed by atoms with Crippen molar-refractivity contribution in [1.82, 2.24) is 9.55 Å². The van der Waals surface area contributed by atoms with Gasteiger partial charge >= 0.3 is 0 Å². The first kappa shape index (κ1) is 10.8. The zero-order chi connectivity index (χ0) is 12.7. The summed E-state index contributed by atoms with van der Waals surface area (Å²) in [6.45, 7) is 1.96. The van der Waals surface area contributed by atoms with Crippen LogP contribution in [0.4, 0.5) is 0 Å². The summed E-state index contributed by atoms with van der Waals surface area (Å²) in [4.78, 5) is 4.49.